The first-order valence-corrected chi connectivity index (χ1v) is 9.99. The van der Waals surface area contributed by atoms with E-state index >= 15 is 0 Å². The minimum absolute atomic E-state index is 1.22. The van der Waals surface area contributed by atoms with Crippen LogP contribution in [0.3, 0.4) is 0 Å². The molecule has 0 aliphatic heterocycles. The zero-order chi connectivity index (χ0) is 17.9. The maximum absolute atomic E-state index is 2.22. The third kappa shape index (κ3) is 7.25. The first-order valence-electron chi connectivity index (χ1n) is 8.36. The van der Waals surface area contributed by atoms with Gasteiger partial charge in [0, 0.05) is 14.7 Å². The van der Waals surface area contributed by atoms with Crippen molar-refractivity contribution >= 4 is 23.5 Å². The molecule has 0 atom stereocenters. The van der Waals surface area contributed by atoms with Crippen molar-refractivity contribution < 1.29 is 0 Å². The molecule has 0 heterocycles. The zero-order valence-electron chi connectivity index (χ0n) is 15.0. The van der Waals surface area contributed by atoms with Crippen molar-refractivity contribution in [1.82, 2.24) is 0 Å². The van der Waals surface area contributed by atoms with Gasteiger partial charge < -0.3 is 0 Å². The van der Waals surface area contributed by atoms with Crippen LogP contribution in [0.1, 0.15) is 20.8 Å². The van der Waals surface area contributed by atoms with Crippen LogP contribution in [0.15, 0.2) is 116 Å². The molecule has 0 radical (unpaired) electrons. The zero-order valence-corrected chi connectivity index (χ0v) is 16.6. The van der Waals surface area contributed by atoms with Crippen LogP contribution in [0, 0.1) is 0 Å². The molecule has 0 aliphatic rings. The van der Waals surface area contributed by atoms with E-state index in [1.54, 1.807) is 23.5 Å². The molecule has 2 aromatic rings. The number of thioether (sulfide) groups is 1. The van der Waals surface area contributed by atoms with E-state index in [1.807, 2.05) is 25.1 Å². The molecule has 0 aliphatic carbocycles. The minimum atomic E-state index is 1.22. The highest BCUT2D eigenvalue weighted by atomic mass is 32.2. The van der Waals surface area contributed by atoms with Crippen molar-refractivity contribution in [2.24, 2.45) is 0 Å². The average Bonchev–Trinajstić information content (AvgIpc) is 2.63. The Hall–Kier alpha value is -1.90. The van der Waals surface area contributed by atoms with Gasteiger partial charge in [0.25, 0.3) is 0 Å². The van der Waals surface area contributed by atoms with Crippen molar-refractivity contribution in [2.75, 3.05) is 0 Å². The van der Waals surface area contributed by atoms with Gasteiger partial charge in [-0.05, 0) is 73.7 Å². The third-order valence-corrected chi connectivity index (χ3v) is 5.34. The standard InChI is InChI=1S/C23H24S2/c1-4-6-8-11-20(5-2)18-19(3)24-22-14-16-23(17-15-22)25-21-12-9-7-10-13-21/h4-18H,1-3H3/b6-4-,11-8-,19-18-,20-5+. The maximum atomic E-state index is 2.22. The van der Waals surface area contributed by atoms with Gasteiger partial charge in [0.1, 0.15) is 0 Å². The number of rotatable bonds is 7. The van der Waals surface area contributed by atoms with Gasteiger partial charge in [0.15, 0.2) is 0 Å². The lowest BCUT2D eigenvalue weighted by molar-refractivity contribution is 1.34. The van der Waals surface area contributed by atoms with E-state index in [4.69, 9.17) is 0 Å². The summed E-state index contributed by atoms with van der Waals surface area (Å²) in [5.74, 6) is 0. The van der Waals surface area contributed by atoms with Crippen molar-refractivity contribution in [3.63, 3.8) is 0 Å². The van der Waals surface area contributed by atoms with E-state index < -0.39 is 0 Å². The number of hydrogen-bond acceptors (Lipinski definition) is 2. The summed E-state index contributed by atoms with van der Waals surface area (Å²) in [4.78, 5) is 5.07. The van der Waals surface area contributed by atoms with Gasteiger partial charge in [0.05, 0.1) is 0 Å². The van der Waals surface area contributed by atoms with Crippen LogP contribution in [0.4, 0.5) is 0 Å². The van der Waals surface area contributed by atoms with E-state index in [1.165, 1.54) is 25.2 Å². The van der Waals surface area contributed by atoms with Gasteiger partial charge in [0.2, 0.25) is 0 Å². The minimum Gasteiger partial charge on any atom is -0.0948 e. The summed E-state index contributed by atoms with van der Waals surface area (Å²) in [7, 11) is 0. The summed E-state index contributed by atoms with van der Waals surface area (Å²) >= 11 is 3.59. The Balaban J connectivity index is 1.99. The Kier molecular flexibility index (Phi) is 8.44. The van der Waals surface area contributed by atoms with Gasteiger partial charge in [-0.1, -0.05) is 72.1 Å². The largest absolute Gasteiger partial charge is 0.0948 e. The monoisotopic (exact) mass is 364 g/mol. The Morgan fingerprint density at radius 2 is 1.44 bits per heavy atom. The Morgan fingerprint density at radius 1 is 0.800 bits per heavy atom. The van der Waals surface area contributed by atoms with Crippen LogP contribution < -0.4 is 0 Å². The first kappa shape index (κ1) is 19.4. The lowest BCUT2D eigenvalue weighted by Crippen LogP contribution is -1.77. The van der Waals surface area contributed by atoms with Crippen LogP contribution in [-0.2, 0) is 0 Å². The molecule has 0 amide bonds. The SMILES string of the molecule is C\C=C/C=C\C(\C=C(\C)Sc1ccc(Sc2ccccc2)cc1)=C/C. The van der Waals surface area contributed by atoms with Gasteiger partial charge in [-0.3, -0.25) is 0 Å². The second-order valence-corrected chi connectivity index (χ2v) is 7.88. The van der Waals surface area contributed by atoms with E-state index in [9.17, 15) is 0 Å². The highest BCUT2D eigenvalue weighted by Gasteiger charge is 2.00. The van der Waals surface area contributed by atoms with Crippen LogP contribution in [-0.4, -0.2) is 0 Å². The quantitative estimate of drug-likeness (QED) is 0.361. The topological polar surface area (TPSA) is 0 Å². The van der Waals surface area contributed by atoms with Crippen LogP contribution in [0.2, 0.25) is 0 Å². The van der Waals surface area contributed by atoms with Crippen LogP contribution in [0.5, 0.6) is 0 Å². The van der Waals surface area contributed by atoms with Gasteiger partial charge in [-0.15, -0.1) is 0 Å². The summed E-state index contributed by atoms with van der Waals surface area (Å²) in [6.07, 6.45) is 12.6. The Labute approximate surface area is 160 Å². The van der Waals surface area contributed by atoms with E-state index in [2.05, 4.69) is 86.7 Å². The van der Waals surface area contributed by atoms with Crippen LogP contribution in [0.25, 0.3) is 0 Å². The van der Waals surface area contributed by atoms with Gasteiger partial charge in [-0.2, -0.15) is 0 Å². The summed E-state index contributed by atoms with van der Waals surface area (Å²) in [5.41, 5.74) is 1.22. The van der Waals surface area contributed by atoms with E-state index in [0.29, 0.717) is 0 Å². The summed E-state index contributed by atoms with van der Waals surface area (Å²) in [6, 6.07) is 19.2. The van der Waals surface area contributed by atoms with Crippen molar-refractivity contribution in [1.29, 1.82) is 0 Å². The molecule has 0 spiro atoms. The molecule has 0 N–H and O–H groups in total. The third-order valence-electron chi connectivity index (χ3n) is 3.38. The number of hydrogen-bond donors (Lipinski definition) is 0. The molecule has 0 saturated carbocycles. The molecular formula is C23H24S2. The molecule has 0 saturated heterocycles. The van der Waals surface area contributed by atoms with E-state index in [-0.39, 0.29) is 0 Å². The molecule has 0 fully saturated rings. The van der Waals surface area contributed by atoms with Gasteiger partial charge in [-0.25, -0.2) is 0 Å². The molecule has 2 aromatic carbocycles. The molecule has 2 heteroatoms. The normalized spacial score (nSPS) is 13.1. The Morgan fingerprint density at radius 3 is 2.08 bits per heavy atom. The van der Waals surface area contributed by atoms with Gasteiger partial charge >= 0.3 is 0 Å². The highest BCUT2D eigenvalue weighted by molar-refractivity contribution is 8.03. The number of allylic oxidation sites excluding steroid dienone is 8. The van der Waals surface area contributed by atoms with Crippen molar-refractivity contribution in [2.45, 2.75) is 35.5 Å². The fraction of sp³-hybridized carbons (Fsp3) is 0.130. The fourth-order valence-electron chi connectivity index (χ4n) is 2.16. The smallest absolute Gasteiger partial charge is 0.0123 e. The molecule has 0 nitrogen and oxygen atoms in total. The van der Waals surface area contributed by atoms with E-state index in [0.717, 1.165) is 0 Å². The fourth-order valence-corrected chi connectivity index (χ4v) is 3.83. The molecule has 2 rings (SSSR count). The predicted molar refractivity (Wildman–Crippen MR) is 114 cm³/mol. The molecule has 0 unspecified atom stereocenters. The van der Waals surface area contributed by atoms with Crippen LogP contribution >= 0.6 is 23.5 Å². The lowest BCUT2D eigenvalue weighted by Gasteiger charge is -2.05. The predicted octanol–water partition coefficient (Wildman–Crippen LogP) is 7.91. The Bertz CT molecular complexity index is 763. The lowest BCUT2D eigenvalue weighted by atomic mass is 10.2. The highest BCUT2D eigenvalue weighted by Crippen LogP contribution is 2.32. The second kappa shape index (κ2) is 10.9. The molecule has 0 aromatic heterocycles. The second-order valence-electron chi connectivity index (χ2n) is 5.42. The van der Waals surface area contributed by atoms with Crippen molar-refractivity contribution in [3.05, 3.63) is 102 Å². The molecule has 128 valence electrons. The summed E-state index contributed by atoms with van der Waals surface area (Å²) in [5, 5.41) is 0. The molecular weight excluding hydrogens is 340 g/mol. The molecule has 0 bridgehead atoms. The first-order chi connectivity index (χ1) is 12.2. The van der Waals surface area contributed by atoms with Crippen molar-refractivity contribution in [3.8, 4) is 0 Å². The summed E-state index contributed by atoms with van der Waals surface area (Å²) < 4.78 is 0. The molecule has 25 heavy (non-hydrogen) atoms. The maximum Gasteiger partial charge on any atom is 0.0123 e. The number of benzene rings is 2. The average molecular weight is 365 g/mol. The summed E-state index contributed by atoms with van der Waals surface area (Å²) in [6.45, 7) is 6.25.